The first kappa shape index (κ1) is 16.5. The Kier molecular flexibility index (Phi) is 4.04. The molecule has 5 aromatic carbocycles. The van der Waals surface area contributed by atoms with Gasteiger partial charge in [-0.05, 0) is 63.0 Å². The number of nitrogens with zero attached hydrogens (tertiary/aromatic N) is 1. The molecule has 0 saturated heterocycles. The van der Waals surface area contributed by atoms with Crippen molar-refractivity contribution in [3.63, 3.8) is 0 Å². The number of hydrogen-bond acceptors (Lipinski definition) is 2. The van der Waals surface area contributed by atoms with Gasteiger partial charge in [0.2, 0.25) is 0 Å². The summed E-state index contributed by atoms with van der Waals surface area (Å²) in [5, 5.41) is 6.80. The highest BCUT2D eigenvalue weighted by atomic mass is 15.4. The van der Waals surface area contributed by atoms with Gasteiger partial charge in [0.1, 0.15) is 0 Å². The summed E-state index contributed by atoms with van der Waals surface area (Å²) in [6.07, 6.45) is 0. The van der Waals surface area contributed by atoms with Gasteiger partial charge < -0.3 is 0 Å². The first-order valence-electron chi connectivity index (χ1n) is 9.42. The standard InChI is InChI=1S/C26H20N2/c27-28(21-9-2-1-3-10-21)22-16-14-19(15-17-22)26-18-20-8-4-5-11-23(20)24-12-6-7-13-25(24)26/h1-18H,27H2. The van der Waals surface area contributed by atoms with E-state index in [0.29, 0.717) is 0 Å². The summed E-state index contributed by atoms with van der Waals surface area (Å²) < 4.78 is 0. The number of benzene rings is 5. The monoisotopic (exact) mass is 360 g/mol. The molecule has 0 radical (unpaired) electrons. The van der Waals surface area contributed by atoms with Crippen LogP contribution in [0.4, 0.5) is 11.4 Å². The predicted octanol–water partition coefficient (Wildman–Crippen LogP) is 6.67. The summed E-state index contributed by atoms with van der Waals surface area (Å²) in [6.45, 7) is 0. The smallest absolute Gasteiger partial charge is 0.0575 e. The molecule has 2 N–H and O–H groups in total. The topological polar surface area (TPSA) is 29.3 Å². The normalized spacial score (nSPS) is 11.0. The zero-order valence-corrected chi connectivity index (χ0v) is 15.4. The average Bonchev–Trinajstić information content (AvgIpc) is 2.79. The fourth-order valence-electron chi connectivity index (χ4n) is 3.83. The van der Waals surface area contributed by atoms with E-state index in [1.807, 2.05) is 30.3 Å². The van der Waals surface area contributed by atoms with Crippen molar-refractivity contribution < 1.29 is 0 Å². The van der Waals surface area contributed by atoms with Crippen molar-refractivity contribution >= 4 is 32.9 Å². The third-order valence-electron chi connectivity index (χ3n) is 5.26. The van der Waals surface area contributed by atoms with Gasteiger partial charge in [-0.1, -0.05) is 78.9 Å². The number of rotatable bonds is 3. The molecule has 0 bridgehead atoms. The van der Waals surface area contributed by atoms with Crippen LogP contribution < -0.4 is 10.9 Å². The van der Waals surface area contributed by atoms with Gasteiger partial charge in [0.25, 0.3) is 0 Å². The fraction of sp³-hybridized carbons (Fsp3) is 0. The molecule has 134 valence electrons. The molecule has 28 heavy (non-hydrogen) atoms. The Hall–Kier alpha value is -3.62. The van der Waals surface area contributed by atoms with Gasteiger partial charge in [-0.3, -0.25) is 5.01 Å². The Morgan fingerprint density at radius 1 is 0.500 bits per heavy atom. The third-order valence-corrected chi connectivity index (χ3v) is 5.26. The lowest BCUT2D eigenvalue weighted by Crippen LogP contribution is -2.24. The van der Waals surface area contributed by atoms with Crippen LogP contribution in [0.25, 0.3) is 32.7 Å². The third kappa shape index (κ3) is 2.81. The number of fused-ring (bicyclic) bond motifs is 3. The van der Waals surface area contributed by atoms with Gasteiger partial charge in [-0.25, -0.2) is 5.84 Å². The van der Waals surface area contributed by atoms with E-state index in [4.69, 9.17) is 5.84 Å². The summed E-state index contributed by atoms with van der Waals surface area (Å²) in [6, 6.07) is 37.9. The molecular weight excluding hydrogens is 340 g/mol. The van der Waals surface area contributed by atoms with Crippen molar-refractivity contribution in [2.24, 2.45) is 5.84 Å². The predicted molar refractivity (Wildman–Crippen MR) is 120 cm³/mol. The minimum absolute atomic E-state index is 0.958. The lowest BCUT2D eigenvalue weighted by atomic mass is 9.93. The molecule has 5 rings (SSSR count). The van der Waals surface area contributed by atoms with Crippen molar-refractivity contribution in [1.29, 1.82) is 0 Å². The van der Waals surface area contributed by atoms with Gasteiger partial charge in [0.15, 0.2) is 0 Å². The van der Waals surface area contributed by atoms with Crippen molar-refractivity contribution in [2.45, 2.75) is 0 Å². The quantitative estimate of drug-likeness (QED) is 0.221. The SMILES string of the molecule is NN(c1ccccc1)c1ccc(-c2cc3ccccc3c3ccccc23)cc1. The van der Waals surface area contributed by atoms with Crippen molar-refractivity contribution in [2.75, 3.05) is 5.01 Å². The Morgan fingerprint density at radius 2 is 1.07 bits per heavy atom. The van der Waals surface area contributed by atoms with E-state index in [1.54, 1.807) is 5.01 Å². The number of hydrazine groups is 1. The first-order valence-corrected chi connectivity index (χ1v) is 9.42. The van der Waals surface area contributed by atoms with Crippen molar-refractivity contribution in [1.82, 2.24) is 0 Å². The van der Waals surface area contributed by atoms with E-state index in [0.717, 1.165) is 11.4 Å². The number of hydrogen-bond donors (Lipinski definition) is 1. The lowest BCUT2D eigenvalue weighted by Gasteiger charge is -2.19. The van der Waals surface area contributed by atoms with Gasteiger partial charge in [-0.15, -0.1) is 0 Å². The molecule has 0 aliphatic rings. The molecule has 0 aliphatic carbocycles. The Balaban J connectivity index is 1.62. The minimum atomic E-state index is 0.958. The molecule has 0 aromatic heterocycles. The van der Waals surface area contributed by atoms with Crippen LogP contribution in [0.2, 0.25) is 0 Å². The van der Waals surface area contributed by atoms with E-state index in [-0.39, 0.29) is 0 Å². The summed E-state index contributed by atoms with van der Waals surface area (Å²) in [4.78, 5) is 0. The first-order chi connectivity index (χ1) is 13.8. The minimum Gasteiger partial charge on any atom is -0.280 e. The molecule has 0 heterocycles. The number of anilines is 2. The van der Waals surface area contributed by atoms with E-state index in [1.165, 1.54) is 32.7 Å². The largest absolute Gasteiger partial charge is 0.280 e. The average molecular weight is 360 g/mol. The lowest BCUT2D eigenvalue weighted by molar-refractivity contribution is 1.09. The summed E-state index contributed by atoms with van der Waals surface area (Å²) in [5.41, 5.74) is 4.35. The summed E-state index contributed by atoms with van der Waals surface area (Å²) in [7, 11) is 0. The maximum Gasteiger partial charge on any atom is 0.0575 e. The van der Waals surface area contributed by atoms with Gasteiger partial charge >= 0.3 is 0 Å². The number of para-hydroxylation sites is 1. The second kappa shape index (κ2) is 6.84. The highest BCUT2D eigenvalue weighted by molar-refractivity contribution is 6.13. The van der Waals surface area contributed by atoms with Crippen LogP contribution in [0.15, 0.2) is 109 Å². The molecule has 0 saturated carbocycles. The van der Waals surface area contributed by atoms with Gasteiger partial charge in [-0.2, -0.15) is 0 Å². The molecule has 2 heteroatoms. The second-order valence-electron chi connectivity index (χ2n) is 6.94. The van der Waals surface area contributed by atoms with Gasteiger partial charge in [0, 0.05) is 0 Å². The Labute approximate surface area is 164 Å². The zero-order valence-electron chi connectivity index (χ0n) is 15.4. The van der Waals surface area contributed by atoms with Gasteiger partial charge in [0.05, 0.1) is 11.4 Å². The van der Waals surface area contributed by atoms with E-state index in [2.05, 4.69) is 78.9 Å². The van der Waals surface area contributed by atoms with Crippen LogP contribution >= 0.6 is 0 Å². The summed E-state index contributed by atoms with van der Waals surface area (Å²) >= 11 is 0. The highest BCUT2D eigenvalue weighted by Gasteiger charge is 2.09. The number of nitrogens with two attached hydrogens (primary N) is 1. The van der Waals surface area contributed by atoms with E-state index < -0.39 is 0 Å². The molecular formula is C26H20N2. The maximum atomic E-state index is 6.30. The summed E-state index contributed by atoms with van der Waals surface area (Å²) in [5.74, 6) is 6.30. The maximum absolute atomic E-state index is 6.30. The molecule has 2 nitrogen and oxygen atoms in total. The zero-order chi connectivity index (χ0) is 18.9. The highest BCUT2D eigenvalue weighted by Crippen LogP contribution is 2.35. The Bertz CT molecular complexity index is 1260. The van der Waals surface area contributed by atoms with E-state index in [9.17, 15) is 0 Å². The molecule has 0 atom stereocenters. The molecule has 0 spiro atoms. The van der Waals surface area contributed by atoms with Crippen LogP contribution in [-0.2, 0) is 0 Å². The van der Waals surface area contributed by atoms with Crippen LogP contribution in [0.1, 0.15) is 0 Å². The molecule has 0 unspecified atom stereocenters. The van der Waals surface area contributed by atoms with Crippen LogP contribution in [0.5, 0.6) is 0 Å². The molecule has 0 aliphatic heterocycles. The van der Waals surface area contributed by atoms with Crippen LogP contribution in [0, 0.1) is 0 Å². The van der Waals surface area contributed by atoms with Crippen molar-refractivity contribution in [3.05, 3.63) is 109 Å². The fourth-order valence-corrected chi connectivity index (χ4v) is 3.83. The van der Waals surface area contributed by atoms with Crippen molar-refractivity contribution in [3.8, 4) is 11.1 Å². The van der Waals surface area contributed by atoms with Crippen LogP contribution in [0.3, 0.4) is 0 Å². The van der Waals surface area contributed by atoms with E-state index >= 15 is 0 Å². The molecule has 0 amide bonds. The second-order valence-corrected chi connectivity index (χ2v) is 6.94. The van der Waals surface area contributed by atoms with Crippen LogP contribution in [-0.4, -0.2) is 0 Å². The molecule has 0 fully saturated rings. The molecule has 5 aromatic rings. The Morgan fingerprint density at radius 3 is 1.82 bits per heavy atom.